The maximum absolute atomic E-state index is 12.6. The number of rotatable bonds is 5. The molecule has 4 rings (SSSR count). The highest BCUT2D eigenvalue weighted by Gasteiger charge is 2.34. The van der Waals surface area contributed by atoms with E-state index >= 15 is 0 Å². The summed E-state index contributed by atoms with van der Waals surface area (Å²) in [6.45, 7) is 1.09. The van der Waals surface area contributed by atoms with Gasteiger partial charge in [-0.3, -0.25) is 9.59 Å². The fourth-order valence-corrected chi connectivity index (χ4v) is 3.45. The van der Waals surface area contributed by atoms with E-state index in [1.807, 2.05) is 61.5 Å². The van der Waals surface area contributed by atoms with Gasteiger partial charge in [-0.1, -0.05) is 6.07 Å². The second kappa shape index (κ2) is 7.42. The van der Waals surface area contributed by atoms with E-state index in [2.05, 4.69) is 5.32 Å². The van der Waals surface area contributed by atoms with Gasteiger partial charge in [0.25, 0.3) is 0 Å². The van der Waals surface area contributed by atoms with E-state index in [1.54, 1.807) is 4.90 Å². The number of amides is 2. The molecule has 2 aliphatic heterocycles. The van der Waals surface area contributed by atoms with E-state index in [0.717, 1.165) is 16.9 Å². The number of fused-ring (bicyclic) bond motifs is 1. The van der Waals surface area contributed by atoms with Gasteiger partial charge in [0.1, 0.15) is 0 Å². The number of likely N-dealkylation sites (tertiary alicyclic amines) is 1. The third-order valence-electron chi connectivity index (χ3n) is 5.05. The lowest BCUT2D eigenvalue weighted by molar-refractivity contribution is -0.128. The second-order valence-electron chi connectivity index (χ2n) is 7.29. The molecule has 1 unspecified atom stereocenters. The quantitative estimate of drug-likeness (QED) is 0.862. The van der Waals surface area contributed by atoms with Crippen molar-refractivity contribution in [1.29, 1.82) is 0 Å². The first-order chi connectivity index (χ1) is 13.5. The molecule has 2 aromatic rings. The summed E-state index contributed by atoms with van der Waals surface area (Å²) in [6, 6.07) is 13.3. The van der Waals surface area contributed by atoms with Gasteiger partial charge in [0, 0.05) is 45.0 Å². The van der Waals surface area contributed by atoms with E-state index in [0.29, 0.717) is 24.6 Å². The number of benzene rings is 2. The molecule has 2 heterocycles. The minimum absolute atomic E-state index is 0.0132. The highest BCUT2D eigenvalue weighted by Crippen LogP contribution is 2.33. The first kappa shape index (κ1) is 18.2. The molecule has 0 aromatic heterocycles. The van der Waals surface area contributed by atoms with Crippen LogP contribution < -0.4 is 19.7 Å². The third-order valence-corrected chi connectivity index (χ3v) is 5.05. The summed E-state index contributed by atoms with van der Waals surface area (Å²) >= 11 is 0. The van der Waals surface area contributed by atoms with E-state index in [9.17, 15) is 9.59 Å². The lowest BCUT2D eigenvalue weighted by atomic mass is 10.1. The van der Waals surface area contributed by atoms with E-state index < -0.39 is 0 Å². The van der Waals surface area contributed by atoms with Crippen LogP contribution in [0.2, 0.25) is 0 Å². The molecular weight excluding hydrogens is 358 g/mol. The van der Waals surface area contributed by atoms with Crippen molar-refractivity contribution >= 4 is 23.2 Å². The van der Waals surface area contributed by atoms with Crippen LogP contribution in [0.25, 0.3) is 0 Å². The monoisotopic (exact) mass is 381 g/mol. The Labute approximate surface area is 163 Å². The molecule has 28 heavy (non-hydrogen) atoms. The molecule has 2 aliphatic rings. The zero-order valence-electron chi connectivity index (χ0n) is 16.0. The highest BCUT2D eigenvalue weighted by atomic mass is 16.7. The number of carbonyl (C=O) groups excluding carboxylic acids is 2. The Hall–Kier alpha value is -3.22. The van der Waals surface area contributed by atoms with Crippen LogP contribution in [0.5, 0.6) is 11.5 Å². The summed E-state index contributed by atoms with van der Waals surface area (Å²) in [5, 5.41) is 2.92. The van der Waals surface area contributed by atoms with E-state index in [-0.39, 0.29) is 30.9 Å². The van der Waals surface area contributed by atoms with Crippen molar-refractivity contribution in [2.24, 2.45) is 5.92 Å². The Morgan fingerprint density at radius 1 is 1.14 bits per heavy atom. The van der Waals surface area contributed by atoms with Gasteiger partial charge in [0.05, 0.1) is 5.92 Å². The summed E-state index contributed by atoms with van der Waals surface area (Å²) in [7, 11) is 3.93. The van der Waals surface area contributed by atoms with Crippen molar-refractivity contribution in [3.05, 3.63) is 48.0 Å². The summed E-state index contributed by atoms with van der Waals surface area (Å²) in [5.74, 6) is 0.920. The Kier molecular flexibility index (Phi) is 4.81. The smallest absolute Gasteiger partial charge is 0.231 e. The van der Waals surface area contributed by atoms with Gasteiger partial charge in [-0.25, -0.2) is 0 Å². The van der Waals surface area contributed by atoms with Crippen molar-refractivity contribution in [3.8, 4) is 11.5 Å². The maximum Gasteiger partial charge on any atom is 0.231 e. The first-order valence-electron chi connectivity index (χ1n) is 9.24. The van der Waals surface area contributed by atoms with Gasteiger partial charge in [-0.05, 0) is 42.0 Å². The zero-order chi connectivity index (χ0) is 19.7. The Morgan fingerprint density at radius 2 is 1.89 bits per heavy atom. The summed E-state index contributed by atoms with van der Waals surface area (Å²) in [4.78, 5) is 28.7. The third kappa shape index (κ3) is 3.74. The molecular formula is C21H23N3O4. The number of nitrogens with one attached hydrogen (secondary N) is 1. The lowest BCUT2D eigenvalue weighted by Crippen LogP contribution is -2.28. The van der Waals surface area contributed by atoms with Crippen molar-refractivity contribution in [2.75, 3.05) is 37.6 Å². The fraction of sp³-hybridized carbons (Fsp3) is 0.333. The Morgan fingerprint density at radius 3 is 2.64 bits per heavy atom. The highest BCUT2D eigenvalue weighted by molar-refractivity contribution is 5.97. The molecule has 7 heteroatoms. The van der Waals surface area contributed by atoms with Gasteiger partial charge >= 0.3 is 0 Å². The molecule has 0 radical (unpaired) electrons. The largest absolute Gasteiger partial charge is 0.454 e. The Bertz CT molecular complexity index is 895. The molecule has 1 saturated heterocycles. The topological polar surface area (TPSA) is 71.1 Å². The minimum atomic E-state index is -0.352. The SMILES string of the molecule is CN(C)c1ccc(NC(=O)C2CC(=O)N(Cc3ccc4c(c3)OCO4)C2)cc1. The van der Waals surface area contributed by atoms with Crippen LogP contribution in [0, 0.1) is 5.92 Å². The zero-order valence-corrected chi connectivity index (χ0v) is 16.0. The Balaban J connectivity index is 1.36. The number of ether oxygens (including phenoxy) is 2. The summed E-state index contributed by atoms with van der Waals surface area (Å²) in [5.41, 5.74) is 2.75. The molecule has 1 atom stereocenters. The van der Waals surface area contributed by atoms with Crippen molar-refractivity contribution in [3.63, 3.8) is 0 Å². The summed E-state index contributed by atoms with van der Waals surface area (Å²) < 4.78 is 10.7. The van der Waals surface area contributed by atoms with Crippen molar-refractivity contribution < 1.29 is 19.1 Å². The maximum atomic E-state index is 12.6. The molecule has 0 saturated carbocycles. The number of carbonyl (C=O) groups is 2. The predicted octanol–water partition coefficient (Wildman–Crippen LogP) is 2.47. The number of hydrogen-bond donors (Lipinski definition) is 1. The van der Waals surface area contributed by atoms with Crippen LogP contribution in [-0.2, 0) is 16.1 Å². The van der Waals surface area contributed by atoms with Crippen LogP contribution in [0.1, 0.15) is 12.0 Å². The van der Waals surface area contributed by atoms with Crippen molar-refractivity contribution in [1.82, 2.24) is 4.90 Å². The summed E-state index contributed by atoms with van der Waals surface area (Å²) in [6.07, 6.45) is 0.228. The molecule has 0 aliphatic carbocycles. The van der Waals surface area contributed by atoms with Gasteiger partial charge in [0.2, 0.25) is 18.6 Å². The van der Waals surface area contributed by atoms with Gasteiger partial charge in [-0.2, -0.15) is 0 Å². The van der Waals surface area contributed by atoms with E-state index in [4.69, 9.17) is 9.47 Å². The van der Waals surface area contributed by atoms with Crippen LogP contribution in [0.15, 0.2) is 42.5 Å². The fourth-order valence-electron chi connectivity index (χ4n) is 3.45. The van der Waals surface area contributed by atoms with Gasteiger partial charge in [0.15, 0.2) is 11.5 Å². The lowest BCUT2D eigenvalue weighted by Gasteiger charge is -2.17. The molecule has 2 amide bonds. The molecule has 1 fully saturated rings. The first-order valence-corrected chi connectivity index (χ1v) is 9.24. The number of nitrogens with zero attached hydrogens (tertiary/aromatic N) is 2. The standard InChI is InChI=1S/C21H23N3O4/c1-23(2)17-6-4-16(5-7-17)22-21(26)15-10-20(25)24(12-15)11-14-3-8-18-19(9-14)28-13-27-18/h3-9,15H,10-13H2,1-2H3,(H,22,26). The van der Waals surface area contributed by atoms with Gasteiger partial charge < -0.3 is 24.6 Å². The van der Waals surface area contributed by atoms with E-state index in [1.165, 1.54) is 0 Å². The van der Waals surface area contributed by atoms with Crippen molar-refractivity contribution in [2.45, 2.75) is 13.0 Å². The molecule has 146 valence electrons. The molecule has 0 spiro atoms. The predicted molar refractivity (Wildman–Crippen MR) is 105 cm³/mol. The van der Waals surface area contributed by atoms with Crippen LogP contribution >= 0.6 is 0 Å². The van der Waals surface area contributed by atoms with Crippen LogP contribution in [0.4, 0.5) is 11.4 Å². The number of anilines is 2. The van der Waals surface area contributed by atoms with Gasteiger partial charge in [-0.15, -0.1) is 0 Å². The van der Waals surface area contributed by atoms with Crippen LogP contribution in [-0.4, -0.2) is 44.1 Å². The molecule has 1 N–H and O–H groups in total. The molecule has 2 aromatic carbocycles. The molecule has 7 nitrogen and oxygen atoms in total. The average molecular weight is 381 g/mol. The normalized spacial score (nSPS) is 17.7. The molecule has 0 bridgehead atoms. The minimum Gasteiger partial charge on any atom is -0.454 e. The average Bonchev–Trinajstić information content (AvgIpc) is 3.28. The van der Waals surface area contributed by atoms with Crippen LogP contribution in [0.3, 0.4) is 0 Å². The second-order valence-corrected chi connectivity index (χ2v) is 7.29. The number of hydrogen-bond acceptors (Lipinski definition) is 5.